The first-order chi connectivity index (χ1) is 7.54. The molecular weight excluding hydrogens is 202 g/mol. The largest absolute Gasteiger partial charge is 0.481 e. The van der Waals surface area contributed by atoms with Crippen molar-refractivity contribution in [2.75, 3.05) is 18.2 Å². The van der Waals surface area contributed by atoms with Crippen LogP contribution in [-0.2, 0) is 0 Å². The van der Waals surface area contributed by atoms with Crippen molar-refractivity contribution in [3.05, 3.63) is 12.1 Å². The number of hydrogen-bond donors (Lipinski definition) is 2. The van der Waals surface area contributed by atoms with Gasteiger partial charge in [0.1, 0.15) is 0 Å². The molecule has 1 aromatic rings. The Kier molecular flexibility index (Phi) is 3.99. The maximum absolute atomic E-state index is 5.88. The van der Waals surface area contributed by atoms with Gasteiger partial charge >= 0.3 is 0 Å². The van der Waals surface area contributed by atoms with Crippen molar-refractivity contribution in [1.29, 1.82) is 0 Å². The summed E-state index contributed by atoms with van der Waals surface area (Å²) in [5.74, 6) is 1.27. The lowest BCUT2D eigenvalue weighted by atomic mass is 9.95. The van der Waals surface area contributed by atoms with Crippen LogP contribution in [0.3, 0.4) is 0 Å². The zero-order valence-corrected chi connectivity index (χ0v) is 10.5. The van der Waals surface area contributed by atoms with Gasteiger partial charge in [0.15, 0.2) is 5.82 Å². The molecule has 3 N–H and O–H groups in total. The van der Waals surface area contributed by atoms with Crippen LogP contribution < -0.4 is 15.8 Å². The van der Waals surface area contributed by atoms with Crippen molar-refractivity contribution in [2.45, 2.75) is 39.2 Å². The van der Waals surface area contributed by atoms with Crippen LogP contribution in [0.5, 0.6) is 5.88 Å². The molecule has 0 aromatic carbocycles. The fraction of sp³-hybridized carbons (Fsp3) is 0.583. The molecule has 1 rings (SSSR count). The van der Waals surface area contributed by atoms with Crippen LogP contribution in [0, 0.1) is 0 Å². The Morgan fingerprint density at radius 1 is 1.38 bits per heavy atom. The Bertz CT molecular complexity index is 348. The van der Waals surface area contributed by atoms with E-state index >= 15 is 0 Å². The standard InChI is InChI=1S/C12H21N3O/c1-5-12(3,6-2)15-11-9(13)7-8-10(14-11)16-4/h7-8H,5-6,13H2,1-4H3,(H,14,15). The molecule has 1 heterocycles. The monoisotopic (exact) mass is 223 g/mol. The Morgan fingerprint density at radius 3 is 2.50 bits per heavy atom. The van der Waals surface area contributed by atoms with E-state index in [2.05, 4.69) is 31.1 Å². The number of nitrogen functional groups attached to an aromatic ring is 1. The number of ether oxygens (including phenoxy) is 1. The molecule has 16 heavy (non-hydrogen) atoms. The van der Waals surface area contributed by atoms with Crippen LogP contribution >= 0.6 is 0 Å². The van der Waals surface area contributed by atoms with Crippen LogP contribution in [-0.4, -0.2) is 17.6 Å². The van der Waals surface area contributed by atoms with Crippen molar-refractivity contribution in [3.63, 3.8) is 0 Å². The highest BCUT2D eigenvalue weighted by molar-refractivity contribution is 5.62. The molecule has 0 aliphatic heterocycles. The highest BCUT2D eigenvalue weighted by Crippen LogP contribution is 2.26. The molecule has 0 radical (unpaired) electrons. The number of hydrogen-bond acceptors (Lipinski definition) is 4. The first-order valence-corrected chi connectivity index (χ1v) is 5.63. The van der Waals surface area contributed by atoms with Gasteiger partial charge in [-0.3, -0.25) is 0 Å². The third-order valence-corrected chi connectivity index (χ3v) is 3.09. The number of nitrogens with two attached hydrogens (primary N) is 1. The summed E-state index contributed by atoms with van der Waals surface area (Å²) < 4.78 is 5.08. The molecule has 0 aliphatic rings. The molecule has 0 spiro atoms. The quantitative estimate of drug-likeness (QED) is 0.805. The van der Waals surface area contributed by atoms with E-state index in [4.69, 9.17) is 10.5 Å². The number of nitrogens with one attached hydrogen (secondary N) is 1. The zero-order chi connectivity index (χ0) is 12.2. The molecule has 0 saturated carbocycles. The minimum atomic E-state index is 0.0213. The number of aromatic nitrogens is 1. The van der Waals surface area contributed by atoms with Crippen LogP contribution in [0.1, 0.15) is 33.6 Å². The average Bonchev–Trinajstić information content (AvgIpc) is 2.32. The van der Waals surface area contributed by atoms with Crippen LogP contribution in [0.4, 0.5) is 11.5 Å². The molecule has 0 unspecified atom stereocenters. The number of pyridine rings is 1. The van der Waals surface area contributed by atoms with Crippen LogP contribution in [0.2, 0.25) is 0 Å². The van der Waals surface area contributed by atoms with Gasteiger partial charge in [-0.1, -0.05) is 13.8 Å². The van der Waals surface area contributed by atoms with Gasteiger partial charge in [0.2, 0.25) is 5.88 Å². The molecule has 1 aromatic heterocycles. The van der Waals surface area contributed by atoms with Gasteiger partial charge in [0.05, 0.1) is 12.8 Å². The molecule has 90 valence electrons. The maximum Gasteiger partial charge on any atom is 0.215 e. The Balaban J connectivity index is 2.95. The minimum absolute atomic E-state index is 0.0213. The topological polar surface area (TPSA) is 60.2 Å². The van der Waals surface area contributed by atoms with Gasteiger partial charge in [0.25, 0.3) is 0 Å². The lowest BCUT2D eigenvalue weighted by molar-refractivity contribution is 0.397. The number of nitrogens with zero attached hydrogens (tertiary/aromatic N) is 1. The molecule has 0 saturated heterocycles. The Morgan fingerprint density at radius 2 is 2.00 bits per heavy atom. The van der Waals surface area contributed by atoms with Crippen LogP contribution in [0.15, 0.2) is 12.1 Å². The first-order valence-electron chi connectivity index (χ1n) is 5.63. The summed E-state index contributed by atoms with van der Waals surface area (Å²) in [6.45, 7) is 6.45. The second-order valence-electron chi connectivity index (χ2n) is 4.18. The third-order valence-electron chi connectivity index (χ3n) is 3.09. The molecule has 0 amide bonds. The van der Waals surface area contributed by atoms with Gasteiger partial charge in [-0.05, 0) is 25.8 Å². The van der Waals surface area contributed by atoms with E-state index in [0.29, 0.717) is 17.4 Å². The van der Waals surface area contributed by atoms with E-state index in [0.717, 1.165) is 12.8 Å². The Hall–Kier alpha value is -1.45. The van der Waals surface area contributed by atoms with Gasteiger partial charge < -0.3 is 15.8 Å². The summed E-state index contributed by atoms with van der Waals surface area (Å²) in [6.07, 6.45) is 2.03. The van der Waals surface area contributed by atoms with Crippen molar-refractivity contribution in [1.82, 2.24) is 4.98 Å². The molecule has 0 bridgehead atoms. The molecule has 0 fully saturated rings. The summed E-state index contributed by atoms with van der Waals surface area (Å²) in [7, 11) is 1.60. The highest BCUT2D eigenvalue weighted by Gasteiger charge is 2.20. The van der Waals surface area contributed by atoms with E-state index < -0.39 is 0 Å². The van der Waals surface area contributed by atoms with Gasteiger partial charge in [-0.15, -0.1) is 0 Å². The predicted molar refractivity (Wildman–Crippen MR) is 67.8 cm³/mol. The lowest BCUT2D eigenvalue weighted by Crippen LogP contribution is -2.33. The predicted octanol–water partition coefficient (Wildman–Crippen LogP) is 2.66. The van der Waals surface area contributed by atoms with Gasteiger partial charge in [-0.25, -0.2) is 0 Å². The minimum Gasteiger partial charge on any atom is -0.481 e. The second kappa shape index (κ2) is 5.05. The highest BCUT2D eigenvalue weighted by atomic mass is 16.5. The van der Waals surface area contributed by atoms with Gasteiger partial charge in [0, 0.05) is 11.6 Å². The van der Waals surface area contributed by atoms with E-state index in [1.54, 1.807) is 19.2 Å². The molecule has 0 atom stereocenters. The van der Waals surface area contributed by atoms with Crippen molar-refractivity contribution in [3.8, 4) is 5.88 Å². The van der Waals surface area contributed by atoms with E-state index in [1.807, 2.05) is 0 Å². The summed E-state index contributed by atoms with van der Waals surface area (Å²) in [6, 6.07) is 3.57. The number of anilines is 2. The summed E-state index contributed by atoms with van der Waals surface area (Å²) in [5.41, 5.74) is 6.55. The fourth-order valence-electron chi connectivity index (χ4n) is 1.38. The normalized spacial score (nSPS) is 11.2. The number of rotatable bonds is 5. The first kappa shape index (κ1) is 12.6. The summed E-state index contributed by atoms with van der Waals surface area (Å²) in [5, 5.41) is 3.38. The molecule has 4 nitrogen and oxygen atoms in total. The Labute approximate surface area is 97.2 Å². The van der Waals surface area contributed by atoms with E-state index in [-0.39, 0.29) is 5.54 Å². The second-order valence-corrected chi connectivity index (χ2v) is 4.18. The van der Waals surface area contributed by atoms with Gasteiger partial charge in [-0.2, -0.15) is 4.98 Å². The lowest BCUT2D eigenvalue weighted by Gasteiger charge is -2.29. The van der Waals surface area contributed by atoms with E-state index in [9.17, 15) is 0 Å². The van der Waals surface area contributed by atoms with Crippen molar-refractivity contribution < 1.29 is 4.74 Å². The smallest absolute Gasteiger partial charge is 0.215 e. The molecule has 0 aliphatic carbocycles. The molecular formula is C12H21N3O. The van der Waals surface area contributed by atoms with Crippen molar-refractivity contribution >= 4 is 11.5 Å². The summed E-state index contributed by atoms with van der Waals surface area (Å²) in [4.78, 5) is 4.31. The fourth-order valence-corrected chi connectivity index (χ4v) is 1.38. The third kappa shape index (κ3) is 2.78. The number of methoxy groups -OCH3 is 1. The summed E-state index contributed by atoms with van der Waals surface area (Å²) >= 11 is 0. The average molecular weight is 223 g/mol. The van der Waals surface area contributed by atoms with Crippen LogP contribution in [0.25, 0.3) is 0 Å². The zero-order valence-electron chi connectivity index (χ0n) is 10.5. The SMILES string of the molecule is CCC(C)(CC)Nc1nc(OC)ccc1N. The maximum atomic E-state index is 5.88. The van der Waals surface area contributed by atoms with Crippen molar-refractivity contribution in [2.24, 2.45) is 0 Å². The molecule has 4 heteroatoms. The van der Waals surface area contributed by atoms with E-state index in [1.165, 1.54) is 0 Å².